The minimum absolute atomic E-state index is 0.804. The number of hydrogen-bond acceptors (Lipinski definition) is 2. The van der Waals surface area contributed by atoms with Gasteiger partial charge in [-0.3, -0.25) is 5.01 Å². The van der Waals surface area contributed by atoms with Gasteiger partial charge in [-0.25, -0.2) is 0 Å². The second-order valence-corrected chi connectivity index (χ2v) is 2.59. The van der Waals surface area contributed by atoms with Crippen LogP contribution in [0.15, 0.2) is 40.7 Å². The molecule has 3 heteroatoms. The van der Waals surface area contributed by atoms with Gasteiger partial charge in [-0.05, 0) is 5.56 Å². The van der Waals surface area contributed by atoms with Crippen LogP contribution in [0, 0.1) is 0 Å². The summed E-state index contributed by atoms with van der Waals surface area (Å²) in [6.07, 6.45) is 0. The summed E-state index contributed by atoms with van der Waals surface area (Å²) in [4.78, 5) is 0. The largest absolute Gasteiger partial charge is 0.277 e. The molecule has 0 heterocycles. The van der Waals surface area contributed by atoms with Crippen LogP contribution in [0.1, 0.15) is 5.56 Å². The molecule has 0 aromatic heterocycles. The molecule has 0 atom stereocenters. The molecule has 0 unspecified atom stereocenters. The summed E-state index contributed by atoms with van der Waals surface area (Å²) in [6.45, 7) is 0.804. The Balaban J connectivity index is 2.52. The molecule has 1 aromatic rings. The van der Waals surface area contributed by atoms with Crippen molar-refractivity contribution in [2.75, 3.05) is 14.1 Å². The first-order chi connectivity index (χ1) is 5.83. The highest BCUT2D eigenvalue weighted by atomic mass is 15.5. The van der Waals surface area contributed by atoms with Gasteiger partial charge < -0.3 is 0 Å². The molecular weight excluding hydrogens is 150 g/mol. The van der Waals surface area contributed by atoms with E-state index in [9.17, 15) is 0 Å². The molecule has 0 aliphatic rings. The molecule has 1 aromatic carbocycles. The molecule has 0 aliphatic carbocycles. The molecule has 0 aliphatic heterocycles. The SMILES string of the molecule is CN=NN(C)Cc1ccccc1. The van der Waals surface area contributed by atoms with Gasteiger partial charge in [0.2, 0.25) is 0 Å². The Morgan fingerprint density at radius 2 is 1.92 bits per heavy atom. The zero-order chi connectivity index (χ0) is 8.81. The van der Waals surface area contributed by atoms with Crippen LogP contribution in [0.2, 0.25) is 0 Å². The Kier molecular flexibility index (Phi) is 3.26. The van der Waals surface area contributed by atoms with E-state index in [0.717, 1.165) is 6.54 Å². The van der Waals surface area contributed by atoms with Gasteiger partial charge in [-0.2, -0.15) is 5.11 Å². The van der Waals surface area contributed by atoms with Gasteiger partial charge in [0.15, 0.2) is 0 Å². The number of hydrogen-bond donors (Lipinski definition) is 0. The average Bonchev–Trinajstić information content (AvgIpc) is 2.06. The van der Waals surface area contributed by atoms with Crippen LogP contribution in [-0.4, -0.2) is 19.1 Å². The third-order valence-corrected chi connectivity index (χ3v) is 1.50. The molecule has 0 saturated carbocycles. The molecule has 0 N–H and O–H groups in total. The summed E-state index contributed by atoms with van der Waals surface area (Å²) in [5, 5.41) is 9.36. The summed E-state index contributed by atoms with van der Waals surface area (Å²) in [6, 6.07) is 10.2. The van der Waals surface area contributed by atoms with Crippen molar-refractivity contribution in [3.8, 4) is 0 Å². The summed E-state index contributed by atoms with van der Waals surface area (Å²) < 4.78 is 0. The van der Waals surface area contributed by atoms with Crippen molar-refractivity contribution in [2.45, 2.75) is 6.54 Å². The van der Waals surface area contributed by atoms with E-state index in [1.54, 1.807) is 12.1 Å². The molecule has 64 valence electrons. The Morgan fingerprint density at radius 1 is 1.25 bits per heavy atom. The molecule has 12 heavy (non-hydrogen) atoms. The predicted molar refractivity (Wildman–Crippen MR) is 48.7 cm³/mol. The van der Waals surface area contributed by atoms with Crippen molar-refractivity contribution in [3.63, 3.8) is 0 Å². The third-order valence-electron chi connectivity index (χ3n) is 1.50. The maximum Gasteiger partial charge on any atom is 0.0624 e. The first-order valence-corrected chi connectivity index (χ1v) is 3.87. The lowest BCUT2D eigenvalue weighted by molar-refractivity contribution is 0.321. The van der Waals surface area contributed by atoms with Crippen molar-refractivity contribution >= 4 is 0 Å². The Morgan fingerprint density at radius 3 is 2.50 bits per heavy atom. The van der Waals surface area contributed by atoms with E-state index in [-0.39, 0.29) is 0 Å². The van der Waals surface area contributed by atoms with Crippen molar-refractivity contribution in [2.24, 2.45) is 10.3 Å². The van der Waals surface area contributed by atoms with Crippen LogP contribution >= 0.6 is 0 Å². The zero-order valence-corrected chi connectivity index (χ0v) is 7.44. The van der Waals surface area contributed by atoms with E-state index >= 15 is 0 Å². The molecule has 0 amide bonds. The maximum atomic E-state index is 3.88. The lowest BCUT2D eigenvalue weighted by Crippen LogP contribution is -2.08. The first kappa shape index (κ1) is 8.71. The van der Waals surface area contributed by atoms with Crippen molar-refractivity contribution in [3.05, 3.63) is 35.9 Å². The Hall–Kier alpha value is -1.38. The van der Waals surface area contributed by atoms with Gasteiger partial charge >= 0.3 is 0 Å². The van der Waals surface area contributed by atoms with E-state index in [4.69, 9.17) is 0 Å². The molecular formula is C9H13N3. The maximum absolute atomic E-state index is 3.88. The fourth-order valence-corrected chi connectivity index (χ4v) is 1.03. The molecule has 0 bridgehead atoms. The molecule has 3 nitrogen and oxygen atoms in total. The topological polar surface area (TPSA) is 28.0 Å². The fraction of sp³-hybridized carbons (Fsp3) is 0.333. The monoisotopic (exact) mass is 163 g/mol. The van der Waals surface area contributed by atoms with Gasteiger partial charge in [-0.1, -0.05) is 35.6 Å². The second-order valence-electron chi connectivity index (χ2n) is 2.59. The smallest absolute Gasteiger partial charge is 0.0624 e. The standard InChI is InChI=1S/C9H13N3/c1-10-11-12(2)8-9-6-4-3-5-7-9/h3-7H,8H2,1-2H3. The lowest BCUT2D eigenvalue weighted by Gasteiger charge is -2.09. The van der Waals surface area contributed by atoms with Crippen LogP contribution in [0.3, 0.4) is 0 Å². The highest BCUT2D eigenvalue weighted by Crippen LogP contribution is 2.02. The first-order valence-electron chi connectivity index (χ1n) is 3.87. The quantitative estimate of drug-likeness (QED) is 0.495. The van der Waals surface area contributed by atoms with Crippen LogP contribution in [0.25, 0.3) is 0 Å². The van der Waals surface area contributed by atoms with Gasteiger partial charge in [0, 0.05) is 7.05 Å². The second kappa shape index (κ2) is 4.49. The molecule has 0 radical (unpaired) electrons. The molecule has 0 spiro atoms. The molecule has 0 fully saturated rings. The summed E-state index contributed by atoms with van der Waals surface area (Å²) in [7, 11) is 3.57. The minimum Gasteiger partial charge on any atom is -0.277 e. The number of nitrogens with zero attached hydrogens (tertiary/aromatic N) is 3. The van der Waals surface area contributed by atoms with Gasteiger partial charge in [0.1, 0.15) is 0 Å². The number of benzene rings is 1. The van der Waals surface area contributed by atoms with Crippen molar-refractivity contribution in [1.29, 1.82) is 0 Å². The fourth-order valence-electron chi connectivity index (χ4n) is 1.03. The lowest BCUT2D eigenvalue weighted by atomic mass is 10.2. The van der Waals surface area contributed by atoms with Gasteiger partial charge in [0.05, 0.1) is 13.6 Å². The summed E-state index contributed by atoms with van der Waals surface area (Å²) in [5.41, 5.74) is 1.24. The zero-order valence-electron chi connectivity index (χ0n) is 7.44. The average molecular weight is 163 g/mol. The van der Waals surface area contributed by atoms with E-state index in [1.807, 2.05) is 25.2 Å². The van der Waals surface area contributed by atoms with Crippen molar-refractivity contribution < 1.29 is 0 Å². The Labute approximate surface area is 72.7 Å². The minimum atomic E-state index is 0.804. The Bertz CT molecular complexity index is 243. The summed E-state index contributed by atoms with van der Waals surface area (Å²) in [5.74, 6) is 0. The number of rotatable bonds is 3. The third kappa shape index (κ3) is 2.70. The van der Waals surface area contributed by atoms with Crippen LogP contribution in [-0.2, 0) is 6.54 Å². The molecule has 0 saturated heterocycles. The molecule has 1 rings (SSSR count). The van der Waals surface area contributed by atoms with Crippen LogP contribution < -0.4 is 0 Å². The van der Waals surface area contributed by atoms with Gasteiger partial charge in [-0.15, -0.1) is 0 Å². The normalized spacial score (nSPS) is 10.5. The van der Waals surface area contributed by atoms with Crippen LogP contribution in [0.5, 0.6) is 0 Å². The summed E-state index contributed by atoms with van der Waals surface area (Å²) >= 11 is 0. The van der Waals surface area contributed by atoms with E-state index in [0.29, 0.717) is 0 Å². The van der Waals surface area contributed by atoms with Crippen LogP contribution in [0.4, 0.5) is 0 Å². The predicted octanol–water partition coefficient (Wildman–Crippen LogP) is 2.12. The van der Waals surface area contributed by atoms with Crippen molar-refractivity contribution in [1.82, 2.24) is 5.01 Å². The highest BCUT2D eigenvalue weighted by molar-refractivity contribution is 5.14. The van der Waals surface area contributed by atoms with E-state index in [2.05, 4.69) is 22.5 Å². The van der Waals surface area contributed by atoms with E-state index < -0.39 is 0 Å². The highest BCUT2D eigenvalue weighted by Gasteiger charge is 1.93. The van der Waals surface area contributed by atoms with E-state index in [1.165, 1.54) is 5.56 Å². The van der Waals surface area contributed by atoms with Gasteiger partial charge in [0.25, 0.3) is 0 Å².